The number of pyridine rings is 1. The zero-order chi connectivity index (χ0) is 19.8. The number of carbonyl (C=O) groups excluding carboxylic acids is 1. The molecule has 0 amide bonds. The van der Waals surface area contributed by atoms with Gasteiger partial charge in [-0.05, 0) is 24.5 Å². The first-order valence-corrected chi connectivity index (χ1v) is 8.73. The smallest absolute Gasteiger partial charge is 0.389 e. The number of carbonyl (C=O) groups is 1. The summed E-state index contributed by atoms with van der Waals surface area (Å²) in [5.41, 5.74) is -0.789. The summed E-state index contributed by atoms with van der Waals surface area (Å²) in [7, 11) is 0. The Labute approximate surface area is 154 Å². The molecule has 2 aliphatic heterocycles. The molecule has 3 rings (SSSR count). The van der Waals surface area contributed by atoms with Gasteiger partial charge in [-0.25, -0.2) is 4.98 Å². The molecule has 0 unspecified atom stereocenters. The van der Waals surface area contributed by atoms with E-state index in [2.05, 4.69) is 4.98 Å². The molecule has 0 bridgehead atoms. The summed E-state index contributed by atoms with van der Waals surface area (Å²) < 4.78 is 39.6. The summed E-state index contributed by atoms with van der Waals surface area (Å²) >= 11 is 0. The van der Waals surface area contributed by atoms with E-state index in [1.54, 1.807) is 9.80 Å². The van der Waals surface area contributed by atoms with E-state index in [1.165, 1.54) is 12.3 Å². The molecular weight excluding hydrogens is 367 g/mol. The number of rotatable bonds is 4. The Morgan fingerprint density at radius 2 is 1.96 bits per heavy atom. The third kappa shape index (κ3) is 4.08. The fourth-order valence-electron chi connectivity index (χ4n) is 3.85. The van der Waals surface area contributed by atoms with Crippen LogP contribution >= 0.6 is 0 Å². The number of β-amino-alcohol motifs (C(OH)–C–C–N with tert-alkyl or cyclic N) is 1. The van der Waals surface area contributed by atoms with Gasteiger partial charge in [-0.1, -0.05) is 0 Å². The van der Waals surface area contributed by atoms with Crippen LogP contribution in [0.15, 0.2) is 18.3 Å². The fourth-order valence-corrected chi connectivity index (χ4v) is 3.85. The maximum absolute atomic E-state index is 13.2. The predicted octanol–water partition coefficient (Wildman–Crippen LogP) is -0.108. The number of aliphatic hydroxyl groups excluding tert-OH is 3. The lowest BCUT2D eigenvalue weighted by molar-refractivity contribution is -0.148. The molecule has 0 aliphatic carbocycles. The standard InChI is InChI=1S/C17H22F3N3O4/c18-17(19,20)11-2-1-4-21-16(11)22-5-3-10(6-22)7-23-8-13(25)15(27)14(26)12(23)9-24/h1-2,4,9-10,12-15,25-27H,3,5-8H2/t10-,12+,13-,14+,15+/m0/s1. The Hall–Kier alpha value is -1.75. The molecule has 1 aromatic rings. The number of nitrogens with zero attached hydrogens (tertiary/aromatic N) is 3. The molecule has 2 fully saturated rings. The van der Waals surface area contributed by atoms with Gasteiger partial charge < -0.3 is 25.0 Å². The number of alkyl halides is 3. The molecule has 27 heavy (non-hydrogen) atoms. The number of aldehydes is 1. The van der Waals surface area contributed by atoms with Crippen molar-refractivity contribution in [3.63, 3.8) is 0 Å². The summed E-state index contributed by atoms with van der Waals surface area (Å²) in [4.78, 5) is 18.3. The van der Waals surface area contributed by atoms with E-state index in [4.69, 9.17) is 0 Å². The highest BCUT2D eigenvalue weighted by Gasteiger charge is 2.43. The van der Waals surface area contributed by atoms with E-state index in [9.17, 15) is 33.3 Å². The summed E-state index contributed by atoms with van der Waals surface area (Å²) in [5.74, 6) is -0.182. The van der Waals surface area contributed by atoms with Crippen molar-refractivity contribution in [3.05, 3.63) is 23.9 Å². The van der Waals surface area contributed by atoms with Crippen LogP contribution in [0.2, 0.25) is 0 Å². The van der Waals surface area contributed by atoms with Crippen molar-refractivity contribution < 1.29 is 33.3 Å². The molecule has 2 saturated heterocycles. The monoisotopic (exact) mass is 389 g/mol. The molecule has 0 saturated carbocycles. The number of piperidine rings is 1. The Kier molecular flexibility index (Phi) is 5.71. The molecule has 1 aromatic heterocycles. The first-order valence-electron chi connectivity index (χ1n) is 8.73. The lowest BCUT2D eigenvalue weighted by Gasteiger charge is -2.42. The van der Waals surface area contributed by atoms with Gasteiger partial charge in [-0.3, -0.25) is 4.90 Å². The second-order valence-corrected chi connectivity index (χ2v) is 7.10. The highest BCUT2D eigenvalue weighted by atomic mass is 19.4. The minimum atomic E-state index is -4.50. The van der Waals surface area contributed by atoms with Crippen molar-refractivity contribution >= 4 is 12.1 Å². The van der Waals surface area contributed by atoms with Crippen LogP contribution in [-0.2, 0) is 11.0 Å². The van der Waals surface area contributed by atoms with E-state index >= 15 is 0 Å². The first kappa shape index (κ1) is 20.0. The lowest BCUT2D eigenvalue weighted by Crippen LogP contribution is -2.62. The van der Waals surface area contributed by atoms with Crippen molar-refractivity contribution in [1.82, 2.24) is 9.88 Å². The molecule has 0 radical (unpaired) electrons. The number of hydrogen-bond acceptors (Lipinski definition) is 7. The zero-order valence-electron chi connectivity index (χ0n) is 14.5. The highest BCUT2D eigenvalue weighted by molar-refractivity contribution is 5.59. The number of aromatic nitrogens is 1. The summed E-state index contributed by atoms with van der Waals surface area (Å²) in [6.45, 7) is 1.03. The second-order valence-electron chi connectivity index (χ2n) is 7.10. The van der Waals surface area contributed by atoms with E-state index in [1.807, 2.05) is 0 Å². The van der Waals surface area contributed by atoms with Crippen LogP contribution in [0.3, 0.4) is 0 Å². The van der Waals surface area contributed by atoms with Crippen molar-refractivity contribution in [1.29, 1.82) is 0 Å². The number of halogens is 3. The van der Waals surface area contributed by atoms with Gasteiger partial charge in [0.15, 0.2) is 0 Å². The lowest BCUT2D eigenvalue weighted by atomic mass is 9.93. The third-order valence-electron chi connectivity index (χ3n) is 5.25. The molecule has 0 aromatic carbocycles. The van der Waals surface area contributed by atoms with Crippen LogP contribution < -0.4 is 4.90 Å². The maximum Gasteiger partial charge on any atom is 0.419 e. The molecule has 7 nitrogen and oxygen atoms in total. The van der Waals surface area contributed by atoms with Crippen LogP contribution in [0.1, 0.15) is 12.0 Å². The van der Waals surface area contributed by atoms with Gasteiger partial charge >= 0.3 is 6.18 Å². The molecule has 2 aliphatic rings. The second kappa shape index (κ2) is 7.70. The number of aliphatic hydroxyl groups is 3. The molecule has 5 atom stereocenters. The summed E-state index contributed by atoms with van der Waals surface area (Å²) in [6, 6.07) is 1.28. The van der Waals surface area contributed by atoms with Gasteiger partial charge in [-0.2, -0.15) is 13.2 Å². The average molecular weight is 389 g/mol. The third-order valence-corrected chi connectivity index (χ3v) is 5.25. The quantitative estimate of drug-likeness (QED) is 0.619. The Morgan fingerprint density at radius 3 is 2.63 bits per heavy atom. The normalized spacial score (nSPS) is 32.7. The number of likely N-dealkylation sites (tertiary alicyclic amines) is 1. The zero-order valence-corrected chi connectivity index (χ0v) is 14.5. The minimum Gasteiger partial charge on any atom is -0.389 e. The number of hydrogen-bond donors (Lipinski definition) is 3. The first-order chi connectivity index (χ1) is 12.7. The van der Waals surface area contributed by atoms with Crippen molar-refractivity contribution in [2.75, 3.05) is 31.1 Å². The van der Waals surface area contributed by atoms with Gasteiger partial charge in [-0.15, -0.1) is 0 Å². The van der Waals surface area contributed by atoms with Crippen LogP contribution in [0.4, 0.5) is 19.0 Å². The summed E-state index contributed by atoms with van der Waals surface area (Å²) in [6.07, 6.45) is -6.07. The molecule has 3 heterocycles. The van der Waals surface area contributed by atoms with Gasteiger partial charge in [0.25, 0.3) is 0 Å². The molecular formula is C17H22F3N3O4. The van der Waals surface area contributed by atoms with Crippen LogP contribution in [0, 0.1) is 5.92 Å². The average Bonchev–Trinajstić information content (AvgIpc) is 3.08. The summed E-state index contributed by atoms with van der Waals surface area (Å²) in [5, 5.41) is 29.5. The largest absolute Gasteiger partial charge is 0.419 e. The SMILES string of the molecule is O=C[C@@H]1[C@@H](O)[C@H](O)[C@@H](O)CN1C[C@H]1CCN(c2ncccc2C(F)(F)F)C1. The van der Waals surface area contributed by atoms with Crippen molar-refractivity contribution in [2.45, 2.75) is 37.0 Å². The van der Waals surface area contributed by atoms with Crippen LogP contribution in [0.5, 0.6) is 0 Å². The molecule has 150 valence electrons. The Balaban J connectivity index is 1.69. The molecule has 3 N–H and O–H groups in total. The van der Waals surface area contributed by atoms with Gasteiger partial charge in [0, 0.05) is 32.4 Å². The minimum absolute atomic E-state index is 0.00945. The highest BCUT2D eigenvalue weighted by Crippen LogP contribution is 2.37. The molecule has 10 heteroatoms. The topological polar surface area (TPSA) is 97.1 Å². The van der Waals surface area contributed by atoms with Gasteiger partial charge in [0.2, 0.25) is 0 Å². The van der Waals surface area contributed by atoms with Gasteiger partial charge in [0.05, 0.1) is 17.7 Å². The molecule has 0 spiro atoms. The maximum atomic E-state index is 13.2. The van der Waals surface area contributed by atoms with Crippen LogP contribution in [0.25, 0.3) is 0 Å². The van der Waals surface area contributed by atoms with Gasteiger partial charge in [0.1, 0.15) is 24.3 Å². The van der Waals surface area contributed by atoms with E-state index in [0.717, 1.165) is 6.07 Å². The number of anilines is 1. The Bertz CT molecular complexity index is 675. The van der Waals surface area contributed by atoms with E-state index in [-0.39, 0.29) is 18.3 Å². The predicted molar refractivity (Wildman–Crippen MR) is 89.0 cm³/mol. The van der Waals surface area contributed by atoms with Crippen molar-refractivity contribution in [3.8, 4) is 0 Å². The van der Waals surface area contributed by atoms with Crippen LogP contribution in [-0.4, -0.2) is 82.0 Å². The Morgan fingerprint density at radius 1 is 1.22 bits per heavy atom. The van der Waals surface area contributed by atoms with E-state index in [0.29, 0.717) is 32.3 Å². The fraction of sp³-hybridized carbons (Fsp3) is 0.647. The van der Waals surface area contributed by atoms with E-state index < -0.39 is 36.1 Å². The van der Waals surface area contributed by atoms with Crippen molar-refractivity contribution in [2.24, 2.45) is 5.92 Å².